The van der Waals surface area contributed by atoms with Crippen molar-refractivity contribution in [3.05, 3.63) is 69.7 Å². The maximum atomic E-state index is 13.1. The maximum Gasteiger partial charge on any atom is 0.425 e. The molecule has 0 aliphatic carbocycles. The zero-order valence-corrected chi connectivity index (χ0v) is 13.1. The number of benzene rings is 2. The lowest BCUT2D eigenvalue weighted by Crippen LogP contribution is -2.35. The number of halogens is 5. The maximum absolute atomic E-state index is 13.1. The second-order valence-corrected chi connectivity index (χ2v) is 5.59. The van der Waals surface area contributed by atoms with Gasteiger partial charge in [-0.2, -0.15) is 13.2 Å². The van der Waals surface area contributed by atoms with E-state index in [2.05, 4.69) is 4.74 Å². The van der Waals surface area contributed by atoms with Gasteiger partial charge < -0.3 is 4.74 Å². The highest BCUT2D eigenvalue weighted by Crippen LogP contribution is 2.28. The van der Waals surface area contributed by atoms with E-state index in [1.807, 2.05) is 0 Å². The first-order valence-corrected chi connectivity index (χ1v) is 7.29. The third-order valence-electron chi connectivity index (χ3n) is 3.03. The Morgan fingerprint density at radius 2 is 1.74 bits per heavy atom. The molecule has 0 aromatic heterocycles. The predicted molar refractivity (Wildman–Crippen MR) is 81.9 cm³/mol. The minimum Gasteiger partial charge on any atom is -0.449 e. The summed E-state index contributed by atoms with van der Waals surface area (Å²) in [6.07, 6.45) is -7.42. The van der Waals surface area contributed by atoms with Crippen molar-refractivity contribution in [3.63, 3.8) is 0 Å². The molecule has 2 aromatic rings. The number of hydrogen-bond donors (Lipinski definition) is 0. The Hall–Kier alpha value is -1.72. The zero-order chi connectivity index (χ0) is 17.0. The van der Waals surface area contributed by atoms with Crippen molar-refractivity contribution in [3.8, 4) is 0 Å². The molecular formula is C16H11Cl2F3O2. The van der Waals surface area contributed by atoms with Crippen LogP contribution in [0, 0.1) is 0 Å². The molecule has 2 rings (SSSR count). The van der Waals surface area contributed by atoms with Crippen LogP contribution in [-0.2, 0) is 11.2 Å². The molecule has 7 heteroatoms. The smallest absolute Gasteiger partial charge is 0.425 e. The molecule has 0 heterocycles. The van der Waals surface area contributed by atoms with Gasteiger partial charge in [0.2, 0.25) is 6.10 Å². The molecule has 0 fully saturated rings. The second-order valence-electron chi connectivity index (χ2n) is 4.75. The van der Waals surface area contributed by atoms with E-state index in [4.69, 9.17) is 23.2 Å². The van der Waals surface area contributed by atoms with Gasteiger partial charge in [-0.05, 0) is 23.8 Å². The number of rotatable bonds is 4. The molecule has 0 bridgehead atoms. The summed E-state index contributed by atoms with van der Waals surface area (Å²) in [5, 5.41) is 0.200. The Morgan fingerprint density at radius 1 is 1.09 bits per heavy atom. The summed E-state index contributed by atoms with van der Waals surface area (Å²) in [7, 11) is 0. The van der Waals surface area contributed by atoms with Crippen molar-refractivity contribution < 1.29 is 22.7 Å². The summed E-state index contributed by atoms with van der Waals surface area (Å²) in [6.45, 7) is 0. The minimum atomic E-state index is -4.69. The van der Waals surface area contributed by atoms with Crippen molar-refractivity contribution in [2.45, 2.75) is 18.7 Å². The normalized spacial score (nSPS) is 12.7. The molecule has 1 atom stereocenters. The number of carbonyl (C=O) groups is 1. The van der Waals surface area contributed by atoms with Crippen LogP contribution in [0.1, 0.15) is 15.9 Å². The Bertz CT molecular complexity index is 687. The van der Waals surface area contributed by atoms with Crippen LogP contribution in [-0.4, -0.2) is 18.2 Å². The quantitative estimate of drug-likeness (QED) is 0.687. The van der Waals surface area contributed by atoms with Gasteiger partial charge in [-0.15, -0.1) is 0 Å². The summed E-state index contributed by atoms with van der Waals surface area (Å²) < 4.78 is 44.0. The van der Waals surface area contributed by atoms with Gasteiger partial charge in [0.1, 0.15) is 0 Å². The summed E-state index contributed by atoms with van der Waals surface area (Å²) in [4.78, 5) is 12.0. The third-order valence-corrected chi connectivity index (χ3v) is 3.58. The Balaban J connectivity index is 2.19. The molecule has 0 saturated carbocycles. The van der Waals surface area contributed by atoms with Crippen LogP contribution < -0.4 is 0 Å². The molecule has 2 nitrogen and oxygen atoms in total. The summed E-state index contributed by atoms with van der Waals surface area (Å²) in [6, 6.07) is 11.8. The molecule has 0 aliphatic heterocycles. The number of alkyl halides is 3. The number of esters is 1. The van der Waals surface area contributed by atoms with E-state index in [1.165, 1.54) is 30.3 Å². The molecule has 23 heavy (non-hydrogen) atoms. The fourth-order valence-corrected chi connectivity index (χ4v) is 2.39. The van der Waals surface area contributed by atoms with E-state index in [1.54, 1.807) is 18.2 Å². The highest BCUT2D eigenvalue weighted by Gasteiger charge is 2.43. The molecule has 0 aliphatic rings. The summed E-state index contributed by atoms with van der Waals surface area (Å²) in [5.74, 6) is -1.15. The van der Waals surface area contributed by atoms with Crippen LogP contribution in [0.4, 0.5) is 13.2 Å². The van der Waals surface area contributed by atoms with Crippen LogP contribution in [0.15, 0.2) is 48.5 Å². The fourth-order valence-electron chi connectivity index (χ4n) is 1.90. The average Bonchev–Trinajstić information content (AvgIpc) is 2.46. The second kappa shape index (κ2) is 7.23. The number of carbonyl (C=O) groups excluding carboxylic acids is 1. The monoisotopic (exact) mass is 362 g/mol. The Morgan fingerprint density at radius 3 is 2.30 bits per heavy atom. The minimum absolute atomic E-state index is 0.0665. The van der Waals surface area contributed by atoms with Gasteiger partial charge in [0, 0.05) is 11.4 Å². The molecule has 0 N–H and O–H groups in total. The van der Waals surface area contributed by atoms with Crippen LogP contribution in [0.5, 0.6) is 0 Å². The van der Waals surface area contributed by atoms with Crippen LogP contribution in [0.2, 0.25) is 10.0 Å². The van der Waals surface area contributed by atoms with Crippen molar-refractivity contribution >= 4 is 29.2 Å². The van der Waals surface area contributed by atoms with E-state index in [0.29, 0.717) is 5.56 Å². The van der Waals surface area contributed by atoms with Crippen LogP contribution in [0.3, 0.4) is 0 Å². The molecule has 0 radical (unpaired) electrons. The van der Waals surface area contributed by atoms with Gasteiger partial charge in [0.25, 0.3) is 0 Å². The van der Waals surface area contributed by atoms with E-state index in [9.17, 15) is 18.0 Å². The third kappa shape index (κ3) is 4.88. The Labute approximate surface area is 140 Å². The molecule has 0 spiro atoms. The fraction of sp³-hybridized carbons (Fsp3) is 0.188. The van der Waals surface area contributed by atoms with Crippen molar-refractivity contribution in [2.75, 3.05) is 0 Å². The molecule has 1 unspecified atom stereocenters. The standard InChI is InChI=1S/C16H11Cl2F3O2/c17-11-6-7-12(13(18)9-11)15(22)23-14(16(19,20)21)8-10-4-2-1-3-5-10/h1-7,9,14H,8H2. The highest BCUT2D eigenvalue weighted by atomic mass is 35.5. The predicted octanol–water partition coefficient (Wildman–Crippen LogP) is 5.32. The summed E-state index contributed by atoms with van der Waals surface area (Å²) in [5.41, 5.74) is 0.239. The van der Waals surface area contributed by atoms with Crippen LogP contribution in [0.25, 0.3) is 0 Å². The largest absolute Gasteiger partial charge is 0.449 e. The van der Waals surface area contributed by atoms with Crippen molar-refractivity contribution in [1.82, 2.24) is 0 Å². The van der Waals surface area contributed by atoms with Gasteiger partial charge in [0.05, 0.1) is 10.6 Å². The number of ether oxygens (including phenoxy) is 1. The van der Waals surface area contributed by atoms with Gasteiger partial charge in [-0.25, -0.2) is 4.79 Å². The molecule has 0 saturated heterocycles. The van der Waals surface area contributed by atoms with E-state index in [0.717, 1.165) is 0 Å². The van der Waals surface area contributed by atoms with Crippen molar-refractivity contribution in [2.24, 2.45) is 0 Å². The topological polar surface area (TPSA) is 26.3 Å². The van der Waals surface area contributed by atoms with Gasteiger partial charge in [0.15, 0.2) is 0 Å². The number of hydrogen-bond acceptors (Lipinski definition) is 2. The van der Waals surface area contributed by atoms with Gasteiger partial charge in [-0.3, -0.25) is 0 Å². The zero-order valence-electron chi connectivity index (χ0n) is 11.6. The lowest BCUT2D eigenvalue weighted by Gasteiger charge is -2.21. The van der Waals surface area contributed by atoms with E-state index >= 15 is 0 Å². The van der Waals surface area contributed by atoms with Gasteiger partial charge in [-0.1, -0.05) is 53.5 Å². The lowest BCUT2D eigenvalue weighted by atomic mass is 10.1. The SMILES string of the molecule is O=C(OC(Cc1ccccc1)C(F)(F)F)c1ccc(Cl)cc1Cl. The Kier molecular flexibility index (Phi) is 5.55. The first-order valence-electron chi connectivity index (χ1n) is 6.54. The lowest BCUT2D eigenvalue weighted by molar-refractivity contribution is -0.203. The van der Waals surface area contributed by atoms with Crippen LogP contribution >= 0.6 is 23.2 Å². The first-order chi connectivity index (χ1) is 10.8. The molecule has 122 valence electrons. The first kappa shape index (κ1) is 17.6. The summed E-state index contributed by atoms with van der Waals surface area (Å²) >= 11 is 11.5. The van der Waals surface area contributed by atoms with E-state index < -0.39 is 24.7 Å². The highest BCUT2D eigenvalue weighted by molar-refractivity contribution is 6.36. The molecule has 2 aromatic carbocycles. The molecular weight excluding hydrogens is 352 g/mol. The average molecular weight is 363 g/mol. The molecule has 0 amide bonds. The van der Waals surface area contributed by atoms with E-state index in [-0.39, 0.29) is 15.6 Å². The van der Waals surface area contributed by atoms with Crippen molar-refractivity contribution in [1.29, 1.82) is 0 Å². The van der Waals surface area contributed by atoms with Gasteiger partial charge >= 0.3 is 12.1 Å².